The highest BCUT2D eigenvalue weighted by Gasteiger charge is 2.24. The Morgan fingerprint density at radius 1 is 1.23 bits per heavy atom. The molecule has 1 N–H and O–H groups in total. The number of pyridine rings is 1. The molecular formula is C27H33N5O3. The van der Waals surface area contributed by atoms with Gasteiger partial charge in [-0.05, 0) is 60.6 Å². The van der Waals surface area contributed by atoms with E-state index in [4.69, 9.17) is 4.74 Å². The van der Waals surface area contributed by atoms with Crippen molar-refractivity contribution in [1.82, 2.24) is 25.0 Å². The fourth-order valence-electron chi connectivity index (χ4n) is 4.65. The van der Waals surface area contributed by atoms with Gasteiger partial charge in [0.1, 0.15) is 11.4 Å². The molecule has 0 saturated heterocycles. The number of hydrogen-bond acceptors (Lipinski definition) is 5. The van der Waals surface area contributed by atoms with E-state index in [9.17, 15) is 9.59 Å². The molecule has 2 amide bonds. The molecule has 0 saturated carbocycles. The lowest BCUT2D eigenvalue weighted by Crippen LogP contribution is -2.37. The van der Waals surface area contributed by atoms with E-state index in [2.05, 4.69) is 15.4 Å². The number of ether oxygens (including phenoxy) is 1. The minimum Gasteiger partial charge on any atom is -0.496 e. The summed E-state index contributed by atoms with van der Waals surface area (Å²) >= 11 is 0. The lowest BCUT2D eigenvalue weighted by atomic mass is 9.94. The van der Waals surface area contributed by atoms with Gasteiger partial charge >= 0.3 is 0 Å². The Hall–Kier alpha value is -3.68. The quantitative estimate of drug-likeness (QED) is 0.541. The third kappa shape index (κ3) is 5.37. The number of aromatic nitrogens is 3. The van der Waals surface area contributed by atoms with E-state index in [0.29, 0.717) is 38.2 Å². The molecule has 0 unspecified atom stereocenters. The molecule has 8 nitrogen and oxygen atoms in total. The lowest BCUT2D eigenvalue weighted by molar-refractivity contribution is -0.132. The highest BCUT2D eigenvalue weighted by molar-refractivity contribution is 5.92. The van der Waals surface area contributed by atoms with Crippen LogP contribution < -0.4 is 10.1 Å². The average molecular weight is 476 g/mol. The van der Waals surface area contributed by atoms with Crippen molar-refractivity contribution in [3.63, 3.8) is 0 Å². The first-order chi connectivity index (χ1) is 16.9. The number of carbonyl (C=O) groups is 2. The molecule has 0 aliphatic carbocycles. The zero-order valence-electron chi connectivity index (χ0n) is 20.9. The Balaban J connectivity index is 1.41. The monoisotopic (exact) mass is 475 g/mol. The topological polar surface area (TPSA) is 89.4 Å². The first-order valence-electron chi connectivity index (χ1n) is 12.1. The molecule has 3 heterocycles. The van der Waals surface area contributed by atoms with E-state index < -0.39 is 0 Å². The maximum Gasteiger partial charge on any atom is 0.269 e. The van der Waals surface area contributed by atoms with Crippen LogP contribution in [0.3, 0.4) is 0 Å². The number of rotatable bonds is 8. The van der Waals surface area contributed by atoms with Crippen LogP contribution in [0.1, 0.15) is 57.5 Å². The highest BCUT2D eigenvalue weighted by atomic mass is 16.5. The molecule has 0 spiro atoms. The molecule has 184 valence electrons. The van der Waals surface area contributed by atoms with E-state index in [0.717, 1.165) is 46.7 Å². The minimum atomic E-state index is -0.152. The molecule has 1 aliphatic heterocycles. The molecule has 4 rings (SSSR count). The van der Waals surface area contributed by atoms with Crippen LogP contribution in [0.2, 0.25) is 0 Å². The lowest BCUT2D eigenvalue weighted by Gasteiger charge is -2.30. The zero-order valence-corrected chi connectivity index (χ0v) is 20.9. The van der Waals surface area contributed by atoms with Crippen molar-refractivity contribution in [3.8, 4) is 5.75 Å². The second-order valence-corrected chi connectivity index (χ2v) is 8.88. The number of nitrogens with zero attached hydrogens (tertiary/aromatic N) is 4. The molecule has 0 bridgehead atoms. The van der Waals surface area contributed by atoms with Crippen LogP contribution in [-0.2, 0) is 44.2 Å². The van der Waals surface area contributed by atoms with Crippen molar-refractivity contribution in [2.45, 2.75) is 52.6 Å². The Morgan fingerprint density at radius 3 is 2.77 bits per heavy atom. The van der Waals surface area contributed by atoms with E-state index in [1.165, 1.54) is 5.56 Å². The third-order valence-corrected chi connectivity index (χ3v) is 6.70. The summed E-state index contributed by atoms with van der Waals surface area (Å²) in [6.07, 6.45) is 4.47. The highest BCUT2D eigenvalue weighted by Crippen LogP contribution is 2.25. The standard InChI is InChI=1S/C27H33N5O3/c1-5-21-14-24(31(3)30-21)27(34)29-16-23-18(2)28-15-20-17-32(13-12-22(20)23)26(33)11-10-19-8-6-7-9-25(19)35-4/h6-9,14-15H,5,10-13,16-17H2,1-4H3,(H,29,34). The van der Waals surface area contributed by atoms with Gasteiger partial charge in [0, 0.05) is 45.0 Å². The summed E-state index contributed by atoms with van der Waals surface area (Å²) < 4.78 is 7.03. The first-order valence-corrected chi connectivity index (χ1v) is 12.1. The fraction of sp³-hybridized carbons (Fsp3) is 0.407. The molecule has 8 heteroatoms. The number of carbonyl (C=O) groups excluding carboxylic acids is 2. The van der Waals surface area contributed by atoms with Crippen molar-refractivity contribution in [2.75, 3.05) is 13.7 Å². The average Bonchev–Trinajstić information content (AvgIpc) is 3.27. The Morgan fingerprint density at radius 2 is 2.03 bits per heavy atom. The van der Waals surface area contributed by atoms with Crippen LogP contribution in [0, 0.1) is 6.92 Å². The number of nitrogens with one attached hydrogen (secondary N) is 1. The van der Waals surface area contributed by atoms with E-state index in [-0.39, 0.29) is 11.8 Å². The number of aryl methyl sites for hydroxylation is 4. The molecule has 1 aromatic carbocycles. The van der Waals surface area contributed by atoms with Gasteiger partial charge in [0.05, 0.1) is 12.8 Å². The number of benzene rings is 1. The zero-order chi connectivity index (χ0) is 24.9. The van der Waals surface area contributed by atoms with Crippen LogP contribution in [-0.4, -0.2) is 45.1 Å². The van der Waals surface area contributed by atoms with Crippen molar-refractivity contribution >= 4 is 11.8 Å². The summed E-state index contributed by atoms with van der Waals surface area (Å²) in [5, 5.41) is 7.40. The molecule has 1 aliphatic rings. The molecular weight excluding hydrogens is 442 g/mol. The van der Waals surface area contributed by atoms with E-state index >= 15 is 0 Å². The van der Waals surface area contributed by atoms with E-state index in [1.807, 2.05) is 55.3 Å². The van der Waals surface area contributed by atoms with Crippen LogP contribution >= 0.6 is 0 Å². The minimum absolute atomic E-state index is 0.125. The summed E-state index contributed by atoms with van der Waals surface area (Å²) in [5.41, 5.74) is 6.65. The smallest absolute Gasteiger partial charge is 0.269 e. The van der Waals surface area contributed by atoms with Gasteiger partial charge in [0.25, 0.3) is 5.91 Å². The Bertz CT molecular complexity index is 1230. The second kappa shape index (κ2) is 10.7. The van der Waals surface area contributed by atoms with Gasteiger partial charge in [-0.1, -0.05) is 25.1 Å². The van der Waals surface area contributed by atoms with Crippen molar-refractivity contribution in [2.24, 2.45) is 7.05 Å². The van der Waals surface area contributed by atoms with Gasteiger partial charge in [-0.25, -0.2) is 0 Å². The molecule has 0 fully saturated rings. The summed E-state index contributed by atoms with van der Waals surface area (Å²) in [7, 11) is 3.43. The number of hydrogen-bond donors (Lipinski definition) is 1. The van der Waals surface area contributed by atoms with E-state index in [1.54, 1.807) is 18.8 Å². The molecule has 0 radical (unpaired) electrons. The molecule has 0 atom stereocenters. The molecule has 35 heavy (non-hydrogen) atoms. The molecule has 2 aromatic heterocycles. The normalized spacial score (nSPS) is 12.9. The van der Waals surface area contributed by atoms with Gasteiger partial charge in [0.2, 0.25) is 5.91 Å². The van der Waals surface area contributed by atoms with Crippen molar-refractivity contribution < 1.29 is 14.3 Å². The van der Waals surface area contributed by atoms with Gasteiger partial charge in [0.15, 0.2) is 0 Å². The number of para-hydroxylation sites is 1. The fourth-order valence-corrected chi connectivity index (χ4v) is 4.65. The van der Waals surface area contributed by atoms with Crippen molar-refractivity contribution in [3.05, 3.63) is 75.9 Å². The Labute approximate surface area is 206 Å². The largest absolute Gasteiger partial charge is 0.496 e. The van der Waals surface area contributed by atoms with Crippen LogP contribution in [0.5, 0.6) is 5.75 Å². The van der Waals surface area contributed by atoms with Gasteiger partial charge in [-0.15, -0.1) is 0 Å². The third-order valence-electron chi connectivity index (χ3n) is 6.70. The van der Waals surface area contributed by atoms with Crippen LogP contribution in [0.15, 0.2) is 36.5 Å². The molecule has 3 aromatic rings. The first kappa shape index (κ1) is 24.4. The SMILES string of the molecule is CCc1cc(C(=O)NCc2c(C)ncc3c2CCN(C(=O)CCc2ccccc2OC)C3)n(C)n1. The Kier molecular flexibility index (Phi) is 7.48. The summed E-state index contributed by atoms with van der Waals surface area (Å²) in [5.74, 6) is 0.785. The second-order valence-electron chi connectivity index (χ2n) is 8.88. The summed E-state index contributed by atoms with van der Waals surface area (Å²) in [6, 6.07) is 9.64. The maximum atomic E-state index is 13.0. The number of fused-ring (bicyclic) bond motifs is 1. The number of methoxy groups -OCH3 is 1. The predicted molar refractivity (Wildman–Crippen MR) is 133 cm³/mol. The number of amides is 2. The maximum absolute atomic E-state index is 13.0. The van der Waals surface area contributed by atoms with Gasteiger partial charge in [-0.2, -0.15) is 5.10 Å². The predicted octanol–water partition coefficient (Wildman–Crippen LogP) is 3.14. The van der Waals surface area contributed by atoms with Crippen molar-refractivity contribution in [1.29, 1.82) is 0 Å². The summed E-state index contributed by atoms with van der Waals surface area (Å²) in [6.45, 7) is 5.57. The summed E-state index contributed by atoms with van der Waals surface area (Å²) in [4.78, 5) is 32.2. The van der Waals surface area contributed by atoms with Crippen LogP contribution in [0.25, 0.3) is 0 Å². The van der Waals surface area contributed by atoms with Crippen LogP contribution in [0.4, 0.5) is 0 Å². The van der Waals surface area contributed by atoms with Gasteiger partial charge in [-0.3, -0.25) is 19.3 Å². The van der Waals surface area contributed by atoms with Gasteiger partial charge < -0.3 is 15.0 Å².